The third-order valence-corrected chi connectivity index (χ3v) is 8.48. The lowest BCUT2D eigenvalue weighted by Gasteiger charge is -2.28. The fraction of sp³-hybridized carbons (Fsp3) is 0.211. The van der Waals surface area contributed by atoms with Crippen molar-refractivity contribution in [2.24, 2.45) is 5.92 Å². The van der Waals surface area contributed by atoms with E-state index >= 15 is 0 Å². The summed E-state index contributed by atoms with van der Waals surface area (Å²) in [6.07, 6.45) is -4.71. The highest BCUT2D eigenvalue weighted by atomic mass is 32.2. The van der Waals surface area contributed by atoms with Gasteiger partial charge in [-0.1, -0.05) is 41.3 Å². The van der Waals surface area contributed by atoms with E-state index in [0.29, 0.717) is 14.8 Å². The summed E-state index contributed by atoms with van der Waals surface area (Å²) < 4.78 is 40.6. The molecule has 0 radical (unpaired) electrons. The van der Waals surface area contributed by atoms with Crippen LogP contribution in [-0.4, -0.2) is 22.0 Å². The van der Waals surface area contributed by atoms with Crippen molar-refractivity contribution in [1.29, 1.82) is 0 Å². The monoisotopic (exact) mass is 468 g/mol. The topological polar surface area (TPSA) is 70.2 Å². The molecule has 0 spiro atoms. The number of benzene rings is 1. The number of imide groups is 1. The first-order valence-electron chi connectivity index (χ1n) is 8.74. The van der Waals surface area contributed by atoms with E-state index in [-0.39, 0.29) is 4.87 Å². The smallest absolute Gasteiger partial charge is 0.307 e. The number of hydrogen-bond donors (Lipinski definition) is 1. The molecule has 1 saturated heterocycles. The van der Waals surface area contributed by atoms with Crippen LogP contribution in [0.3, 0.4) is 0 Å². The van der Waals surface area contributed by atoms with Crippen molar-refractivity contribution in [3.63, 3.8) is 0 Å². The molecular formula is C19H11F3N2O3S3. The number of H-pyrrole nitrogens is 1. The summed E-state index contributed by atoms with van der Waals surface area (Å²) in [6.45, 7) is 0. The molecule has 11 heteroatoms. The molecule has 0 aliphatic carbocycles. The second-order valence-corrected chi connectivity index (χ2v) is 9.94. The molecular weight excluding hydrogens is 457 g/mol. The SMILES string of the molecule is O=C1C2Sc3[nH]c(=O)sc3[C@H](c3cccs3)C2C(=O)N1c1ccccc1C(F)(F)F. The van der Waals surface area contributed by atoms with Crippen LogP contribution in [0.5, 0.6) is 0 Å². The number of aromatic nitrogens is 1. The van der Waals surface area contributed by atoms with Crippen LogP contribution in [0.25, 0.3) is 0 Å². The maximum atomic E-state index is 13.5. The van der Waals surface area contributed by atoms with Gasteiger partial charge in [0.05, 0.1) is 22.2 Å². The number of halogens is 3. The molecule has 3 atom stereocenters. The zero-order valence-electron chi connectivity index (χ0n) is 14.8. The third kappa shape index (κ3) is 2.87. The number of fused-ring (bicyclic) bond motifs is 2. The zero-order valence-corrected chi connectivity index (χ0v) is 17.3. The van der Waals surface area contributed by atoms with E-state index in [0.717, 1.165) is 40.1 Å². The number of amides is 2. The zero-order chi connectivity index (χ0) is 21.2. The van der Waals surface area contributed by atoms with Gasteiger partial charge in [-0.05, 0) is 23.6 Å². The van der Waals surface area contributed by atoms with Gasteiger partial charge in [0.2, 0.25) is 11.8 Å². The fourth-order valence-corrected chi connectivity index (χ4v) is 7.40. The van der Waals surface area contributed by atoms with E-state index in [2.05, 4.69) is 4.98 Å². The Bertz CT molecular complexity index is 1220. The number of carbonyl (C=O) groups is 2. The molecule has 0 saturated carbocycles. The Morgan fingerprint density at radius 2 is 1.77 bits per heavy atom. The quantitative estimate of drug-likeness (QED) is 0.569. The number of thiazole rings is 1. The minimum Gasteiger partial charge on any atom is -0.307 e. The number of nitrogens with zero attached hydrogens (tertiary/aromatic N) is 1. The maximum Gasteiger partial charge on any atom is 0.418 e. The molecule has 2 aliphatic heterocycles. The Hall–Kier alpha value is -2.37. The van der Waals surface area contributed by atoms with Gasteiger partial charge in [0, 0.05) is 15.7 Å². The summed E-state index contributed by atoms with van der Waals surface area (Å²) in [5, 5.41) is 1.40. The molecule has 2 aliphatic rings. The number of rotatable bonds is 2. The predicted octanol–water partition coefficient (Wildman–Crippen LogP) is 4.31. The van der Waals surface area contributed by atoms with E-state index in [1.165, 1.54) is 23.5 Å². The number of anilines is 1. The molecule has 2 aromatic heterocycles. The molecule has 5 nitrogen and oxygen atoms in total. The number of thioether (sulfide) groups is 1. The molecule has 1 aromatic carbocycles. The van der Waals surface area contributed by atoms with Gasteiger partial charge in [-0.2, -0.15) is 13.2 Å². The van der Waals surface area contributed by atoms with Gasteiger partial charge in [0.15, 0.2) is 0 Å². The second kappa shape index (κ2) is 6.82. The Kier molecular flexibility index (Phi) is 4.46. The van der Waals surface area contributed by atoms with Crippen molar-refractivity contribution in [3.05, 3.63) is 66.8 Å². The second-order valence-electron chi connectivity index (χ2n) is 6.79. The van der Waals surface area contributed by atoms with E-state index in [4.69, 9.17) is 0 Å². The number of aromatic amines is 1. The molecule has 0 bridgehead atoms. The van der Waals surface area contributed by atoms with Gasteiger partial charge in [-0.25, -0.2) is 4.90 Å². The normalized spacial score (nSPS) is 23.6. The lowest BCUT2D eigenvalue weighted by Crippen LogP contribution is -2.33. The molecule has 1 fully saturated rings. The number of para-hydroxylation sites is 1. The van der Waals surface area contributed by atoms with Gasteiger partial charge < -0.3 is 4.98 Å². The summed E-state index contributed by atoms with van der Waals surface area (Å²) in [6, 6.07) is 8.18. The first-order valence-corrected chi connectivity index (χ1v) is 11.3. The summed E-state index contributed by atoms with van der Waals surface area (Å²) in [4.78, 5) is 43.0. The van der Waals surface area contributed by atoms with Crippen molar-refractivity contribution in [2.45, 2.75) is 22.4 Å². The number of carbonyl (C=O) groups excluding carboxylic acids is 2. The van der Waals surface area contributed by atoms with Crippen LogP contribution in [0.15, 0.2) is 51.6 Å². The van der Waals surface area contributed by atoms with Gasteiger partial charge in [0.25, 0.3) is 0 Å². The van der Waals surface area contributed by atoms with Crippen molar-refractivity contribution in [2.75, 3.05) is 4.90 Å². The fourth-order valence-electron chi connectivity index (χ4n) is 3.94. The highest BCUT2D eigenvalue weighted by molar-refractivity contribution is 8.00. The highest BCUT2D eigenvalue weighted by Crippen LogP contribution is 2.54. The molecule has 30 heavy (non-hydrogen) atoms. The third-order valence-electron chi connectivity index (χ3n) is 5.12. The van der Waals surface area contributed by atoms with Gasteiger partial charge in [0.1, 0.15) is 5.25 Å². The standard InChI is InChI=1S/C19H11F3N2O3S3/c20-19(21,22)8-4-1-2-5-9(8)24-16(25)12-11(10-6-3-7-28-10)13-15(23-18(27)30-13)29-14(12)17(24)26/h1-7,11-12,14H,(H,23,27)/t11-,12?,14?/m1/s1. The van der Waals surface area contributed by atoms with E-state index in [1.54, 1.807) is 12.1 Å². The van der Waals surface area contributed by atoms with E-state index in [9.17, 15) is 27.6 Å². The summed E-state index contributed by atoms with van der Waals surface area (Å²) >= 11 is 3.38. The highest BCUT2D eigenvalue weighted by Gasteiger charge is 2.57. The minimum atomic E-state index is -4.71. The van der Waals surface area contributed by atoms with Crippen molar-refractivity contribution >= 4 is 51.9 Å². The van der Waals surface area contributed by atoms with E-state index in [1.807, 2.05) is 5.38 Å². The summed E-state index contributed by atoms with van der Waals surface area (Å²) in [5.74, 6) is -2.83. The minimum absolute atomic E-state index is 0.298. The van der Waals surface area contributed by atoms with Crippen LogP contribution in [0.4, 0.5) is 18.9 Å². The average Bonchev–Trinajstić information content (AvgIpc) is 3.39. The molecule has 2 unspecified atom stereocenters. The van der Waals surface area contributed by atoms with Crippen molar-refractivity contribution < 1.29 is 22.8 Å². The van der Waals surface area contributed by atoms with Crippen LogP contribution in [0, 0.1) is 5.92 Å². The van der Waals surface area contributed by atoms with Gasteiger partial charge in [-0.3, -0.25) is 14.4 Å². The Morgan fingerprint density at radius 1 is 1.00 bits per heavy atom. The largest absolute Gasteiger partial charge is 0.418 e. The lowest BCUT2D eigenvalue weighted by molar-refractivity contribution is -0.137. The average molecular weight is 469 g/mol. The Balaban J connectivity index is 1.66. The predicted molar refractivity (Wildman–Crippen MR) is 108 cm³/mol. The first-order chi connectivity index (χ1) is 14.3. The maximum absolute atomic E-state index is 13.5. The van der Waals surface area contributed by atoms with Gasteiger partial charge in [-0.15, -0.1) is 11.3 Å². The van der Waals surface area contributed by atoms with Crippen LogP contribution in [-0.2, 0) is 15.8 Å². The Morgan fingerprint density at radius 3 is 2.47 bits per heavy atom. The van der Waals surface area contributed by atoms with Crippen molar-refractivity contribution in [1.82, 2.24) is 4.98 Å². The summed E-state index contributed by atoms with van der Waals surface area (Å²) in [5.41, 5.74) is -1.50. The molecule has 154 valence electrons. The number of nitrogens with one attached hydrogen (secondary N) is 1. The number of alkyl halides is 3. The van der Waals surface area contributed by atoms with Gasteiger partial charge >= 0.3 is 11.0 Å². The van der Waals surface area contributed by atoms with Crippen LogP contribution in [0.2, 0.25) is 0 Å². The first kappa shape index (κ1) is 19.6. The lowest BCUT2D eigenvalue weighted by atomic mass is 9.87. The molecule has 4 heterocycles. The molecule has 3 aromatic rings. The number of hydrogen-bond acceptors (Lipinski definition) is 6. The molecule has 5 rings (SSSR count). The van der Waals surface area contributed by atoms with Crippen LogP contribution >= 0.6 is 34.4 Å². The van der Waals surface area contributed by atoms with E-state index < -0.39 is 46.3 Å². The van der Waals surface area contributed by atoms with Crippen LogP contribution in [0.1, 0.15) is 21.2 Å². The molecule has 1 N–H and O–H groups in total. The molecule has 2 amide bonds. The summed E-state index contributed by atoms with van der Waals surface area (Å²) in [7, 11) is 0. The number of thiophene rings is 1. The van der Waals surface area contributed by atoms with Crippen LogP contribution < -0.4 is 9.77 Å². The van der Waals surface area contributed by atoms with Crippen molar-refractivity contribution in [3.8, 4) is 0 Å². The Labute approximate surface area is 179 Å².